The van der Waals surface area contributed by atoms with Gasteiger partial charge in [0.15, 0.2) is 5.16 Å². The molecule has 30 heavy (non-hydrogen) atoms. The monoisotopic (exact) mass is 440 g/mol. The third-order valence-corrected chi connectivity index (χ3v) is 5.89. The molecule has 2 aromatic carbocycles. The average Bonchev–Trinajstić information content (AvgIpc) is 3.20. The van der Waals surface area contributed by atoms with E-state index in [1.807, 2.05) is 31.2 Å². The maximum atomic E-state index is 13.5. The number of fused-ring (bicyclic) bond motifs is 1. The molecule has 0 unspecified atom stereocenters. The van der Waals surface area contributed by atoms with Crippen molar-refractivity contribution in [3.63, 3.8) is 0 Å². The lowest BCUT2D eigenvalue weighted by Gasteiger charge is -2.18. The highest BCUT2D eigenvalue weighted by atomic mass is 35.5. The lowest BCUT2D eigenvalue weighted by atomic mass is 10.0. The number of aromatic nitrogens is 4. The first-order valence-corrected chi connectivity index (χ1v) is 11.1. The minimum atomic E-state index is -0.132. The van der Waals surface area contributed by atoms with Gasteiger partial charge in [-0.2, -0.15) is 0 Å². The number of halogens is 1. The zero-order chi connectivity index (χ0) is 21.3. The molecule has 6 nitrogen and oxygen atoms in total. The van der Waals surface area contributed by atoms with Crippen LogP contribution in [0.4, 0.5) is 0 Å². The van der Waals surface area contributed by atoms with E-state index in [-0.39, 0.29) is 11.5 Å². The van der Waals surface area contributed by atoms with Crippen LogP contribution >= 0.6 is 23.4 Å². The highest BCUT2D eigenvalue weighted by Gasteiger charge is 2.18. The highest BCUT2D eigenvalue weighted by molar-refractivity contribution is 7.98. The van der Waals surface area contributed by atoms with Crippen LogP contribution in [0.5, 0.6) is 0 Å². The van der Waals surface area contributed by atoms with Crippen molar-refractivity contribution < 1.29 is 4.42 Å². The lowest BCUT2D eigenvalue weighted by molar-refractivity contribution is 0.469. The highest BCUT2D eigenvalue weighted by Crippen LogP contribution is 2.29. The van der Waals surface area contributed by atoms with E-state index >= 15 is 0 Å². The summed E-state index contributed by atoms with van der Waals surface area (Å²) in [5.41, 5.74) is 2.33. The molecule has 0 radical (unpaired) electrons. The smallest absolute Gasteiger partial charge is 0.266 e. The second-order valence-electron chi connectivity index (χ2n) is 7.14. The fourth-order valence-electron chi connectivity index (χ4n) is 3.24. The van der Waals surface area contributed by atoms with Crippen molar-refractivity contribution in [3.05, 3.63) is 75.2 Å². The topological polar surface area (TPSA) is 73.8 Å². The first-order chi connectivity index (χ1) is 14.5. The fourth-order valence-corrected chi connectivity index (χ4v) is 4.25. The van der Waals surface area contributed by atoms with Crippen molar-refractivity contribution in [1.82, 2.24) is 19.7 Å². The van der Waals surface area contributed by atoms with E-state index in [0.29, 0.717) is 45.0 Å². The quantitative estimate of drug-likeness (QED) is 0.295. The lowest BCUT2D eigenvalue weighted by Crippen LogP contribution is -2.23. The van der Waals surface area contributed by atoms with Gasteiger partial charge in [0, 0.05) is 11.4 Å². The Balaban J connectivity index is 1.88. The molecule has 0 aliphatic carbocycles. The molecule has 8 heteroatoms. The molecule has 2 heterocycles. The average molecular weight is 441 g/mol. The Bertz CT molecular complexity index is 1270. The molecule has 154 valence electrons. The molecule has 0 bridgehead atoms. The van der Waals surface area contributed by atoms with Crippen LogP contribution in [0.1, 0.15) is 44.0 Å². The second kappa shape index (κ2) is 8.62. The van der Waals surface area contributed by atoms with Crippen molar-refractivity contribution in [2.45, 2.75) is 44.0 Å². The van der Waals surface area contributed by atoms with Crippen LogP contribution in [-0.4, -0.2) is 19.7 Å². The normalized spacial score (nSPS) is 11.5. The van der Waals surface area contributed by atoms with Gasteiger partial charge in [0.2, 0.25) is 11.8 Å². The molecular formula is C22H21ClN4O2S. The molecule has 0 amide bonds. The van der Waals surface area contributed by atoms with Crippen molar-refractivity contribution in [2.75, 3.05) is 0 Å². The largest absolute Gasteiger partial charge is 0.424 e. The van der Waals surface area contributed by atoms with Crippen LogP contribution in [0.15, 0.2) is 56.8 Å². The third kappa shape index (κ3) is 4.00. The second-order valence-corrected chi connectivity index (χ2v) is 8.52. The SMILES string of the molecule is CCc1nnc(CSc2nc3cc(Cl)ccc3c(=O)n2-c2ccccc2C(C)C)o1. The Hall–Kier alpha value is -2.64. The van der Waals surface area contributed by atoms with Gasteiger partial charge in [0.05, 0.1) is 22.3 Å². The van der Waals surface area contributed by atoms with E-state index in [4.69, 9.17) is 21.0 Å². The van der Waals surface area contributed by atoms with Crippen molar-refractivity contribution >= 4 is 34.3 Å². The summed E-state index contributed by atoms with van der Waals surface area (Å²) in [5, 5.41) is 9.70. The molecule has 0 fully saturated rings. The Kier molecular flexibility index (Phi) is 5.92. The summed E-state index contributed by atoms with van der Waals surface area (Å²) in [5.74, 6) is 1.75. The summed E-state index contributed by atoms with van der Waals surface area (Å²) in [6.07, 6.45) is 0.677. The standard InChI is InChI=1S/C22H21ClN4O2S/c1-4-19-25-26-20(29-19)12-30-22-24-17-11-14(23)9-10-16(17)21(28)27(22)18-8-6-5-7-15(18)13(2)3/h5-11,13H,4,12H2,1-3H3. The number of aryl methyl sites for hydroxylation is 1. The van der Waals surface area contributed by atoms with Crippen LogP contribution in [0, 0.1) is 0 Å². The zero-order valence-corrected chi connectivity index (χ0v) is 18.5. The van der Waals surface area contributed by atoms with Crippen LogP contribution in [0.2, 0.25) is 5.02 Å². The number of para-hydroxylation sites is 1. The summed E-state index contributed by atoms with van der Waals surface area (Å²) in [6.45, 7) is 6.17. The summed E-state index contributed by atoms with van der Waals surface area (Å²) < 4.78 is 7.29. The molecule has 4 rings (SSSR count). The Morgan fingerprint density at radius 1 is 1.13 bits per heavy atom. The predicted molar refractivity (Wildman–Crippen MR) is 120 cm³/mol. The van der Waals surface area contributed by atoms with Crippen LogP contribution in [0.25, 0.3) is 16.6 Å². The van der Waals surface area contributed by atoms with E-state index in [1.165, 1.54) is 11.8 Å². The maximum Gasteiger partial charge on any atom is 0.266 e. The minimum absolute atomic E-state index is 0.132. The van der Waals surface area contributed by atoms with E-state index in [2.05, 4.69) is 24.0 Å². The van der Waals surface area contributed by atoms with E-state index in [9.17, 15) is 4.79 Å². The van der Waals surface area contributed by atoms with Gasteiger partial charge in [0.25, 0.3) is 5.56 Å². The zero-order valence-electron chi connectivity index (χ0n) is 16.9. The van der Waals surface area contributed by atoms with Gasteiger partial charge in [-0.25, -0.2) is 4.98 Å². The molecule has 0 spiro atoms. The number of thioether (sulfide) groups is 1. The number of hydrogen-bond donors (Lipinski definition) is 0. The Morgan fingerprint density at radius 3 is 2.63 bits per heavy atom. The van der Waals surface area contributed by atoms with Crippen molar-refractivity contribution in [1.29, 1.82) is 0 Å². The fraction of sp³-hybridized carbons (Fsp3) is 0.273. The minimum Gasteiger partial charge on any atom is -0.424 e. The van der Waals surface area contributed by atoms with E-state index in [1.54, 1.807) is 22.8 Å². The van der Waals surface area contributed by atoms with Gasteiger partial charge in [0.1, 0.15) is 0 Å². The maximum absolute atomic E-state index is 13.5. The summed E-state index contributed by atoms with van der Waals surface area (Å²) in [7, 11) is 0. The van der Waals surface area contributed by atoms with Gasteiger partial charge < -0.3 is 4.42 Å². The van der Waals surface area contributed by atoms with Gasteiger partial charge in [-0.05, 0) is 35.7 Å². The Labute approximate surface area is 183 Å². The molecule has 0 atom stereocenters. The van der Waals surface area contributed by atoms with Crippen LogP contribution in [0.3, 0.4) is 0 Å². The molecule has 0 aliphatic heterocycles. The first-order valence-electron chi connectivity index (χ1n) is 9.73. The molecule has 0 saturated carbocycles. The molecule has 4 aromatic rings. The van der Waals surface area contributed by atoms with Crippen molar-refractivity contribution in [2.24, 2.45) is 0 Å². The molecule has 0 saturated heterocycles. The first kappa shape index (κ1) is 20.6. The number of benzene rings is 2. The van der Waals surface area contributed by atoms with Gasteiger partial charge >= 0.3 is 0 Å². The van der Waals surface area contributed by atoms with Crippen LogP contribution < -0.4 is 5.56 Å². The number of rotatable bonds is 6. The summed E-state index contributed by atoms with van der Waals surface area (Å²) in [6, 6.07) is 13.0. The Morgan fingerprint density at radius 2 is 1.90 bits per heavy atom. The summed E-state index contributed by atoms with van der Waals surface area (Å²) >= 11 is 7.54. The molecule has 0 N–H and O–H groups in total. The van der Waals surface area contributed by atoms with Gasteiger partial charge in [-0.15, -0.1) is 10.2 Å². The van der Waals surface area contributed by atoms with Crippen LogP contribution in [-0.2, 0) is 12.2 Å². The molecule has 0 aliphatic rings. The van der Waals surface area contributed by atoms with Gasteiger partial charge in [-0.3, -0.25) is 9.36 Å². The predicted octanol–water partition coefficient (Wildman–Crippen LogP) is 5.40. The number of hydrogen-bond acceptors (Lipinski definition) is 6. The van der Waals surface area contributed by atoms with E-state index < -0.39 is 0 Å². The summed E-state index contributed by atoms with van der Waals surface area (Å²) in [4.78, 5) is 18.3. The molecular weight excluding hydrogens is 420 g/mol. The van der Waals surface area contributed by atoms with Gasteiger partial charge in [-0.1, -0.05) is 62.3 Å². The molecule has 2 aromatic heterocycles. The van der Waals surface area contributed by atoms with Crippen molar-refractivity contribution in [3.8, 4) is 5.69 Å². The van der Waals surface area contributed by atoms with E-state index in [0.717, 1.165) is 11.3 Å². The number of nitrogens with zero attached hydrogens (tertiary/aromatic N) is 4. The third-order valence-electron chi connectivity index (χ3n) is 4.74.